The summed E-state index contributed by atoms with van der Waals surface area (Å²) in [5.74, 6) is 0. The summed E-state index contributed by atoms with van der Waals surface area (Å²) in [5.41, 5.74) is 0.267. The highest BCUT2D eigenvalue weighted by Gasteiger charge is 2.43. The van der Waals surface area contributed by atoms with Gasteiger partial charge >= 0.3 is 5.69 Å². The highest BCUT2D eigenvalue weighted by molar-refractivity contribution is 7.99. The molecule has 2 N–H and O–H groups in total. The number of hydrogen-bond acceptors (Lipinski definition) is 4. The highest BCUT2D eigenvalue weighted by Crippen LogP contribution is 2.45. The maximum absolute atomic E-state index is 11.9. The molecule has 2 aliphatic carbocycles. The Morgan fingerprint density at radius 1 is 1.43 bits per heavy atom. The molecule has 0 aliphatic heterocycles. The second-order valence-corrected chi connectivity index (χ2v) is 8.23. The molecule has 0 spiro atoms. The van der Waals surface area contributed by atoms with E-state index >= 15 is 0 Å². The van der Waals surface area contributed by atoms with Gasteiger partial charge in [0.25, 0.3) is 0 Å². The van der Waals surface area contributed by atoms with Crippen LogP contribution in [-0.4, -0.2) is 32.6 Å². The Hall–Kier alpha value is -0.750. The Bertz CT molecular complexity index is 546. The van der Waals surface area contributed by atoms with Gasteiger partial charge in [-0.15, -0.1) is 5.10 Å². The number of aromatic amines is 1. The highest BCUT2D eigenvalue weighted by atomic mass is 32.2. The van der Waals surface area contributed by atoms with Crippen molar-refractivity contribution in [1.82, 2.24) is 20.1 Å². The van der Waals surface area contributed by atoms with Crippen LogP contribution in [0.3, 0.4) is 0 Å². The summed E-state index contributed by atoms with van der Waals surface area (Å²) in [6.07, 6.45) is 5.79. The number of thioether (sulfide) groups is 1. The van der Waals surface area contributed by atoms with E-state index in [0.717, 1.165) is 31.0 Å². The lowest BCUT2D eigenvalue weighted by Gasteiger charge is -2.31. The van der Waals surface area contributed by atoms with Gasteiger partial charge in [0, 0.05) is 17.3 Å². The van der Waals surface area contributed by atoms with Crippen molar-refractivity contribution in [1.29, 1.82) is 0 Å². The number of H-pyrrole nitrogens is 1. The Kier molecular flexibility index (Phi) is 4.19. The quantitative estimate of drug-likeness (QED) is 0.847. The van der Waals surface area contributed by atoms with Gasteiger partial charge < -0.3 is 5.32 Å². The van der Waals surface area contributed by atoms with E-state index in [0.29, 0.717) is 22.7 Å². The first kappa shape index (κ1) is 15.2. The van der Waals surface area contributed by atoms with Crippen LogP contribution in [0, 0.1) is 5.41 Å². The monoisotopic (exact) mass is 310 g/mol. The fraction of sp³-hybridized carbons (Fsp3) is 0.867. The fourth-order valence-corrected chi connectivity index (χ4v) is 4.89. The molecule has 3 rings (SSSR count). The Balaban J connectivity index is 1.76. The van der Waals surface area contributed by atoms with Gasteiger partial charge in [-0.05, 0) is 44.1 Å². The van der Waals surface area contributed by atoms with E-state index < -0.39 is 0 Å². The summed E-state index contributed by atoms with van der Waals surface area (Å²) in [6.45, 7) is 7.95. The summed E-state index contributed by atoms with van der Waals surface area (Å²) in [5, 5.41) is 12.0. The molecule has 0 radical (unpaired) electrons. The van der Waals surface area contributed by atoms with E-state index in [-0.39, 0.29) is 5.69 Å². The molecule has 2 saturated carbocycles. The molecule has 0 aromatic carbocycles. The first-order chi connectivity index (χ1) is 10.0. The van der Waals surface area contributed by atoms with Gasteiger partial charge in [0.1, 0.15) is 0 Å². The summed E-state index contributed by atoms with van der Waals surface area (Å²) in [7, 11) is 0. The minimum absolute atomic E-state index is 0.0460. The zero-order chi connectivity index (χ0) is 15.0. The van der Waals surface area contributed by atoms with Crippen LogP contribution < -0.4 is 11.0 Å². The smallest absolute Gasteiger partial charge is 0.312 e. The van der Waals surface area contributed by atoms with Crippen molar-refractivity contribution in [3.63, 3.8) is 0 Å². The molecule has 0 bridgehead atoms. The lowest BCUT2D eigenvalue weighted by atomic mass is 9.87. The third kappa shape index (κ3) is 3.06. The van der Waals surface area contributed by atoms with Gasteiger partial charge in [-0.1, -0.05) is 32.5 Å². The number of aromatic nitrogens is 3. The molecule has 1 aromatic heterocycles. The Labute approximate surface area is 130 Å². The zero-order valence-corrected chi connectivity index (χ0v) is 14.0. The van der Waals surface area contributed by atoms with E-state index in [9.17, 15) is 4.79 Å². The van der Waals surface area contributed by atoms with E-state index in [1.165, 1.54) is 12.8 Å². The van der Waals surface area contributed by atoms with E-state index in [4.69, 9.17) is 0 Å². The molecule has 2 atom stereocenters. The lowest BCUT2D eigenvalue weighted by Crippen LogP contribution is -2.43. The number of hydrogen-bond donors (Lipinski definition) is 2. The van der Waals surface area contributed by atoms with Crippen LogP contribution >= 0.6 is 11.8 Å². The zero-order valence-electron chi connectivity index (χ0n) is 13.2. The van der Waals surface area contributed by atoms with Crippen LogP contribution in [-0.2, 0) is 0 Å². The first-order valence-electron chi connectivity index (χ1n) is 8.10. The summed E-state index contributed by atoms with van der Waals surface area (Å²) < 4.78 is 1.87. The predicted molar refractivity (Wildman–Crippen MR) is 85.9 cm³/mol. The number of nitrogens with zero attached hydrogens (tertiary/aromatic N) is 2. The molecule has 0 saturated heterocycles. The lowest BCUT2D eigenvalue weighted by molar-refractivity contribution is 0.287. The SMILES string of the molecule is CCCNC1C(Sc2n[nH]c(=O)n2C2CC2)CCC1(C)C. The van der Waals surface area contributed by atoms with E-state index in [1.807, 2.05) is 4.57 Å². The third-order valence-corrected chi connectivity index (χ3v) is 6.05. The van der Waals surface area contributed by atoms with Crippen molar-refractivity contribution in [2.24, 2.45) is 5.41 Å². The molecular weight excluding hydrogens is 284 g/mol. The van der Waals surface area contributed by atoms with Crippen molar-refractivity contribution in [2.45, 2.75) is 75.4 Å². The van der Waals surface area contributed by atoms with Gasteiger partial charge in [0.15, 0.2) is 5.16 Å². The van der Waals surface area contributed by atoms with Crippen molar-refractivity contribution in [3.8, 4) is 0 Å². The maximum Gasteiger partial charge on any atom is 0.344 e. The van der Waals surface area contributed by atoms with Crippen molar-refractivity contribution >= 4 is 11.8 Å². The average Bonchev–Trinajstić information content (AvgIpc) is 3.14. The molecule has 0 amide bonds. The molecule has 2 unspecified atom stereocenters. The fourth-order valence-electron chi connectivity index (χ4n) is 3.34. The Morgan fingerprint density at radius 3 is 2.86 bits per heavy atom. The third-order valence-electron chi connectivity index (χ3n) is 4.74. The summed E-state index contributed by atoms with van der Waals surface area (Å²) in [4.78, 5) is 11.9. The van der Waals surface area contributed by atoms with Crippen LogP contribution in [0.2, 0.25) is 0 Å². The normalized spacial score (nSPS) is 28.1. The summed E-state index contributed by atoms with van der Waals surface area (Å²) in [6, 6.07) is 0.872. The predicted octanol–water partition coefficient (Wildman–Crippen LogP) is 2.56. The van der Waals surface area contributed by atoms with Gasteiger partial charge in [0.05, 0.1) is 0 Å². The molecule has 2 fully saturated rings. The van der Waals surface area contributed by atoms with E-state index in [1.54, 1.807) is 11.8 Å². The van der Waals surface area contributed by atoms with Crippen LogP contribution in [0.1, 0.15) is 58.9 Å². The maximum atomic E-state index is 11.9. The van der Waals surface area contributed by atoms with Crippen LogP contribution in [0.4, 0.5) is 0 Å². The standard InChI is InChI=1S/C15H26N4OS/c1-4-9-16-12-11(7-8-15(12,2)3)21-14-18-17-13(20)19(14)10-5-6-10/h10-12,16H,4-9H2,1-3H3,(H,17,20). The number of nitrogens with one attached hydrogen (secondary N) is 2. The minimum Gasteiger partial charge on any atom is -0.312 e. The minimum atomic E-state index is -0.0460. The average molecular weight is 310 g/mol. The topological polar surface area (TPSA) is 62.7 Å². The molecule has 5 nitrogen and oxygen atoms in total. The molecule has 21 heavy (non-hydrogen) atoms. The molecular formula is C15H26N4OS. The second kappa shape index (κ2) is 5.80. The number of rotatable bonds is 6. The second-order valence-electron chi connectivity index (χ2n) is 7.03. The first-order valence-corrected chi connectivity index (χ1v) is 8.98. The molecule has 6 heteroatoms. The Morgan fingerprint density at radius 2 is 2.19 bits per heavy atom. The van der Waals surface area contributed by atoms with Gasteiger partial charge in [0.2, 0.25) is 0 Å². The largest absolute Gasteiger partial charge is 0.344 e. The van der Waals surface area contributed by atoms with Gasteiger partial charge in [-0.25, -0.2) is 9.89 Å². The van der Waals surface area contributed by atoms with Gasteiger partial charge in [-0.2, -0.15) is 0 Å². The van der Waals surface area contributed by atoms with E-state index in [2.05, 4.69) is 36.3 Å². The molecule has 2 aliphatic rings. The van der Waals surface area contributed by atoms with Crippen LogP contribution in [0.15, 0.2) is 9.95 Å². The van der Waals surface area contributed by atoms with Gasteiger partial charge in [-0.3, -0.25) is 4.57 Å². The summed E-state index contributed by atoms with van der Waals surface area (Å²) >= 11 is 1.79. The molecule has 1 aromatic rings. The van der Waals surface area contributed by atoms with Crippen LogP contribution in [0.25, 0.3) is 0 Å². The van der Waals surface area contributed by atoms with Crippen molar-refractivity contribution in [3.05, 3.63) is 10.5 Å². The molecule has 1 heterocycles. The van der Waals surface area contributed by atoms with Crippen LogP contribution in [0.5, 0.6) is 0 Å². The van der Waals surface area contributed by atoms with Crippen molar-refractivity contribution < 1.29 is 0 Å². The molecule has 118 valence electrons. The van der Waals surface area contributed by atoms with Crippen molar-refractivity contribution in [2.75, 3.05) is 6.54 Å².